The molecule has 0 spiro atoms. The van der Waals surface area contributed by atoms with Gasteiger partial charge in [0.15, 0.2) is 0 Å². The van der Waals surface area contributed by atoms with E-state index in [9.17, 15) is 18.8 Å². The Balaban J connectivity index is 1.46. The van der Waals surface area contributed by atoms with Crippen LogP contribution in [0.5, 0.6) is 0 Å². The van der Waals surface area contributed by atoms with Crippen molar-refractivity contribution >= 4 is 43.2 Å². The van der Waals surface area contributed by atoms with E-state index in [1.807, 2.05) is 17.6 Å². The number of aliphatic hydroxyl groups excluding tert-OH is 1. The molecular weight excluding hydrogens is 490 g/mol. The SMILES string of the molecule is CC(O)Cn1cc(Nc2nc(-c3cnn(C4(CC#N)CN(S(C)(=O)=O)C4)c3)c3sccc3n2)cn1. The van der Waals surface area contributed by atoms with Crippen LogP contribution < -0.4 is 5.32 Å². The smallest absolute Gasteiger partial charge is 0.228 e. The van der Waals surface area contributed by atoms with Crippen molar-refractivity contribution in [3.63, 3.8) is 0 Å². The molecule has 0 aliphatic carbocycles. The largest absolute Gasteiger partial charge is 0.391 e. The monoisotopic (exact) mass is 513 g/mol. The third kappa shape index (κ3) is 4.50. The maximum absolute atomic E-state index is 11.9. The van der Waals surface area contributed by atoms with E-state index in [2.05, 4.69) is 26.6 Å². The number of thiophene rings is 1. The minimum absolute atomic E-state index is 0.140. The Morgan fingerprint density at radius 2 is 2.09 bits per heavy atom. The molecule has 0 aromatic carbocycles. The first-order valence-corrected chi connectivity index (χ1v) is 13.5. The summed E-state index contributed by atoms with van der Waals surface area (Å²) in [4.78, 5) is 9.32. The van der Waals surface area contributed by atoms with Gasteiger partial charge in [-0.05, 0) is 18.4 Å². The lowest BCUT2D eigenvalue weighted by Gasteiger charge is -2.47. The predicted molar refractivity (Wildman–Crippen MR) is 130 cm³/mol. The summed E-state index contributed by atoms with van der Waals surface area (Å²) in [5.41, 5.74) is 2.16. The third-order valence-corrected chi connectivity index (χ3v) is 7.91. The highest BCUT2D eigenvalue weighted by Gasteiger charge is 2.49. The van der Waals surface area contributed by atoms with E-state index in [4.69, 9.17) is 4.98 Å². The van der Waals surface area contributed by atoms with E-state index in [1.54, 1.807) is 34.9 Å². The summed E-state index contributed by atoms with van der Waals surface area (Å²) < 4.78 is 29.3. The van der Waals surface area contributed by atoms with Gasteiger partial charge in [-0.15, -0.1) is 11.3 Å². The molecule has 0 saturated carbocycles. The molecule has 182 valence electrons. The van der Waals surface area contributed by atoms with Crippen LogP contribution in [0.25, 0.3) is 21.5 Å². The Morgan fingerprint density at radius 3 is 2.80 bits per heavy atom. The molecule has 1 fully saturated rings. The maximum Gasteiger partial charge on any atom is 0.228 e. The summed E-state index contributed by atoms with van der Waals surface area (Å²) >= 11 is 1.51. The van der Waals surface area contributed by atoms with Crippen molar-refractivity contribution in [3.8, 4) is 17.3 Å². The van der Waals surface area contributed by atoms with Crippen molar-refractivity contribution < 1.29 is 13.5 Å². The van der Waals surface area contributed by atoms with Gasteiger partial charge >= 0.3 is 0 Å². The molecule has 35 heavy (non-hydrogen) atoms. The van der Waals surface area contributed by atoms with Gasteiger partial charge in [0, 0.05) is 31.0 Å². The second kappa shape index (κ2) is 8.68. The Hall–Kier alpha value is -3.38. The van der Waals surface area contributed by atoms with Gasteiger partial charge in [0.05, 0.1) is 65.4 Å². The first-order chi connectivity index (χ1) is 16.7. The van der Waals surface area contributed by atoms with E-state index < -0.39 is 21.7 Å². The van der Waals surface area contributed by atoms with Crippen molar-refractivity contribution in [1.29, 1.82) is 5.26 Å². The van der Waals surface area contributed by atoms with Gasteiger partial charge in [-0.3, -0.25) is 9.36 Å². The van der Waals surface area contributed by atoms with Crippen LogP contribution >= 0.6 is 11.3 Å². The Labute approximate surface area is 205 Å². The highest BCUT2D eigenvalue weighted by molar-refractivity contribution is 7.88. The number of hydrogen-bond donors (Lipinski definition) is 2. The lowest BCUT2D eigenvalue weighted by molar-refractivity contribution is 0.0724. The third-order valence-electron chi connectivity index (χ3n) is 5.80. The molecule has 0 radical (unpaired) electrons. The molecule has 2 N–H and O–H groups in total. The van der Waals surface area contributed by atoms with Crippen LogP contribution in [0.1, 0.15) is 13.3 Å². The molecule has 4 aromatic rings. The molecule has 1 aliphatic heterocycles. The normalized spacial score (nSPS) is 16.6. The van der Waals surface area contributed by atoms with E-state index in [0.29, 0.717) is 23.9 Å². The van der Waals surface area contributed by atoms with Gasteiger partial charge in [0.25, 0.3) is 0 Å². The van der Waals surface area contributed by atoms with Crippen LogP contribution in [0, 0.1) is 11.3 Å². The maximum atomic E-state index is 11.9. The predicted octanol–water partition coefficient (Wildman–Crippen LogP) is 1.76. The number of aliphatic hydroxyl groups is 1. The van der Waals surface area contributed by atoms with E-state index in [0.717, 1.165) is 22.0 Å². The van der Waals surface area contributed by atoms with Crippen LogP contribution in [-0.2, 0) is 22.1 Å². The number of nitrogens with one attached hydrogen (secondary N) is 1. The van der Waals surface area contributed by atoms with E-state index in [-0.39, 0.29) is 19.5 Å². The number of nitrogens with zero attached hydrogens (tertiary/aromatic N) is 8. The van der Waals surface area contributed by atoms with Gasteiger partial charge in [0.2, 0.25) is 16.0 Å². The van der Waals surface area contributed by atoms with Gasteiger partial charge in [-0.25, -0.2) is 18.4 Å². The second-order valence-electron chi connectivity index (χ2n) is 8.72. The summed E-state index contributed by atoms with van der Waals surface area (Å²) in [6, 6.07) is 4.07. The molecule has 0 bridgehead atoms. The molecule has 1 unspecified atom stereocenters. The number of fused-ring (bicyclic) bond motifs is 1. The van der Waals surface area contributed by atoms with Crippen LogP contribution in [0.3, 0.4) is 0 Å². The molecule has 1 aliphatic rings. The molecular formula is C21H23N9O3S2. The number of nitriles is 1. The lowest BCUT2D eigenvalue weighted by Crippen LogP contribution is -2.63. The van der Waals surface area contributed by atoms with Crippen LogP contribution in [0.4, 0.5) is 11.6 Å². The summed E-state index contributed by atoms with van der Waals surface area (Å²) in [5, 5.41) is 32.8. The molecule has 5 rings (SSSR count). The first kappa shape index (κ1) is 23.4. The van der Waals surface area contributed by atoms with Gasteiger partial charge < -0.3 is 10.4 Å². The van der Waals surface area contributed by atoms with Crippen molar-refractivity contribution in [2.45, 2.75) is 31.5 Å². The van der Waals surface area contributed by atoms with E-state index in [1.165, 1.54) is 15.6 Å². The highest BCUT2D eigenvalue weighted by atomic mass is 32.2. The second-order valence-corrected chi connectivity index (χ2v) is 11.6. The quantitative estimate of drug-likeness (QED) is 0.358. The number of rotatable bonds is 8. The van der Waals surface area contributed by atoms with E-state index >= 15 is 0 Å². The zero-order valence-electron chi connectivity index (χ0n) is 19.0. The molecule has 4 aromatic heterocycles. The molecule has 14 heteroatoms. The summed E-state index contributed by atoms with van der Waals surface area (Å²) in [6.45, 7) is 2.46. The van der Waals surface area contributed by atoms with Gasteiger partial charge in [-0.2, -0.15) is 19.8 Å². The topological polar surface area (TPSA) is 155 Å². The van der Waals surface area contributed by atoms with Gasteiger partial charge in [-0.1, -0.05) is 0 Å². The summed E-state index contributed by atoms with van der Waals surface area (Å²) in [5.74, 6) is 0.383. The van der Waals surface area contributed by atoms with Crippen molar-refractivity contribution in [1.82, 2.24) is 33.8 Å². The fourth-order valence-electron chi connectivity index (χ4n) is 4.08. The van der Waals surface area contributed by atoms with Crippen molar-refractivity contribution in [2.75, 3.05) is 24.7 Å². The summed E-state index contributed by atoms with van der Waals surface area (Å²) in [6.07, 6.45) is 7.67. The fraction of sp³-hybridized carbons (Fsp3) is 0.381. The number of sulfonamides is 1. The molecule has 1 saturated heterocycles. The first-order valence-electron chi connectivity index (χ1n) is 10.8. The zero-order chi connectivity index (χ0) is 24.8. The molecule has 1 atom stereocenters. The van der Waals surface area contributed by atoms with Crippen LogP contribution in [0.2, 0.25) is 0 Å². The standard InChI is InChI=1S/C21H23N9O3S2/c1-14(31)9-28-11-16(8-23-28)25-20-26-17-3-6-34-19(17)18(27-20)15-7-24-30(10-15)21(4-5-22)12-29(13-21)35(2,32)33/h3,6-8,10-11,14,31H,4,9,12-13H2,1-2H3,(H,25,26,27). The van der Waals surface area contributed by atoms with Crippen LogP contribution in [0.15, 0.2) is 36.2 Å². The van der Waals surface area contributed by atoms with Crippen LogP contribution in [-0.4, -0.2) is 72.8 Å². The Kier molecular flexibility index (Phi) is 5.80. The minimum Gasteiger partial charge on any atom is -0.391 e. The molecule has 12 nitrogen and oxygen atoms in total. The van der Waals surface area contributed by atoms with Gasteiger partial charge in [0.1, 0.15) is 5.54 Å². The number of anilines is 2. The lowest BCUT2D eigenvalue weighted by atomic mass is 9.89. The highest BCUT2D eigenvalue weighted by Crippen LogP contribution is 2.36. The average molecular weight is 514 g/mol. The fourth-order valence-corrected chi connectivity index (χ4v) is 5.87. The van der Waals surface area contributed by atoms with Crippen molar-refractivity contribution in [3.05, 3.63) is 36.2 Å². The zero-order valence-corrected chi connectivity index (χ0v) is 20.7. The molecule has 0 amide bonds. The Morgan fingerprint density at radius 1 is 1.29 bits per heavy atom. The summed E-state index contributed by atoms with van der Waals surface area (Å²) in [7, 11) is -3.34. The Bertz CT molecular complexity index is 1520. The minimum atomic E-state index is -3.34. The number of hydrogen-bond acceptors (Lipinski definition) is 10. The molecule has 5 heterocycles. The average Bonchev–Trinajstić information content (AvgIpc) is 3.49. The van der Waals surface area contributed by atoms with Crippen molar-refractivity contribution in [2.24, 2.45) is 0 Å². The number of aromatic nitrogens is 6.